The number of nitrogens with two attached hydrogens (primary N) is 1. The molecule has 0 radical (unpaired) electrons. The molecule has 7 nitrogen and oxygen atoms in total. The standard InChI is InChI=1S/C3H6N4O3S/c4-11(8,9)10-7-5-2-1-3-6-7/h1-3,5H,(H2,4,8,9). The minimum absolute atomic E-state index is 0.620. The monoisotopic (exact) mass is 178 g/mol. The highest BCUT2D eigenvalue weighted by molar-refractivity contribution is 7.84. The van der Waals surface area contributed by atoms with Crippen LogP contribution in [0.2, 0.25) is 0 Å². The van der Waals surface area contributed by atoms with Crippen molar-refractivity contribution in [1.82, 2.24) is 10.7 Å². The van der Waals surface area contributed by atoms with Crippen LogP contribution < -0.4 is 10.6 Å². The minimum atomic E-state index is -4.01. The zero-order valence-electron chi connectivity index (χ0n) is 5.34. The largest absolute Gasteiger partial charge is 0.357 e. The van der Waals surface area contributed by atoms with Gasteiger partial charge in [-0.15, -0.1) is 5.10 Å². The van der Waals surface area contributed by atoms with E-state index in [1.165, 1.54) is 12.4 Å². The minimum Gasteiger partial charge on any atom is -0.264 e. The van der Waals surface area contributed by atoms with Crippen LogP contribution >= 0.6 is 0 Å². The summed E-state index contributed by atoms with van der Waals surface area (Å²) < 4.78 is 24.7. The molecule has 62 valence electrons. The van der Waals surface area contributed by atoms with Crippen molar-refractivity contribution >= 4 is 16.5 Å². The maximum Gasteiger partial charge on any atom is 0.357 e. The van der Waals surface area contributed by atoms with Crippen LogP contribution in [0.4, 0.5) is 0 Å². The third-order valence-corrected chi connectivity index (χ3v) is 1.06. The summed E-state index contributed by atoms with van der Waals surface area (Å²) in [4.78, 5) is 0. The lowest BCUT2D eigenvalue weighted by Crippen LogP contribution is -2.35. The van der Waals surface area contributed by atoms with Crippen LogP contribution in [0.5, 0.6) is 0 Å². The Balaban J connectivity index is 2.52. The van der Waals surface area contributed by atoms with E-state index in [1.54, 1.807) is 6.08 Å². The van der Waals surface area contributed by atoms with E-state index in [1.807, 2.05) is 0 Å². The number of allylic oxidation sites excluding steroid dienone is 1. The quantitative estimate of drug-likeness (QED) is 0.533. The van der Waals surface area contributed by atoms with Crippen molar-refractivity contribution in [2.24, 2.45) is 10.2 Å². The van der Waals surface area contributed by atoms with Gasteiger partial charge in [-0.25, -0.2) is 5.14 Å². The highest BCUT2D eigenvalue weighted by Gasteiger charge is 2.09. The molecule has 11 heavy (non-hydrogen) atoms. The number of hydrazone groups is 1. The lowest BCUT2D eigenvalue weighted by molar-refractivity contribution is -0.0851. The molecule has 0 aromatic rings. The van der Waals surface area contributed by atoms with E-state index < -0.39 is 10.3 Å². The molecule has 0 aromatic carbocycles. The Morgan fingerprint density at radius 1 is 1.64 bits per heavy atom. The topological polar surface area (TPSA) is 97.0 Å². The molecule has 3 N–H and O–H groups in total. The van der Waals surface area contributed by atoms with Gasteiger partial charge >= 0.3 is 10.3 Å². The molecule has 0 spiro atoms. The van der Waals surface area contributed by atoms with Gasteiger partial charge in [0.05, 0.1) is 6.21 Å². The Bertz CT molecular complexity index is 281. The van der Waals surface area contributed by atoms with Crippen molar-refractivity contribution in [3.05, 3.63) is 12.3 Å². The van der Waals surface area contributed by atoms with Crippen molar-refractivity contribution in [3.63, 3.8) is 0 Å². The molecule has 0 bridgehead atoms. The molecule has 0 amide bonds. The van der Waals surface area contributed by atoms with Gasteiger partial charge in [-0.2, -0.15) is 8.42 Å². The fourth-order valence-electron chi connectivity index (χ4n) is 0.421. The Labute approximate surface area is 63.3 Å². The average Bonchev–Trinajstić information content (AvgIpc) is 1.85. The third kappa shape index (κ3) is 2.98. The van der Waals surface area contributed by atoms with Crippen LogP contribution in [-0.2, 0) is 14.6 Å². The molecule has 1 aliphatic heterocycles. The number of hydrogen-bond acceptors (Lipinski definition) is 6. The number of nitrogens with zero attached hydrogens (tertiary/aromatic N) is 2. The molecule has 8 heteroatoms. The highest BCUT2D eigenvalue weighted by atomic mass is 32.2. The fraction of sp³-hybridized carbons (Fsp3) is 0. The van der Waals surface area contributed by atoms with Crippen molar-refractivity contribution in [2.45, 2.75) is 0 Å². The molecular weight excluding hydrogens is 172 g/mol. The zero-order chi connectivity index (χ0) is 8.32. The molecule has 0 aliphatic carbocycles. The van der Waals surface area contributed by atoms with E-state index in [0.29, 0.717) is 5.28 Å². The average molecular weight is 178 g/mol. The lowest BCUT2D eigenvalue weighted by Gasteiger charge is -2.15. The van der Waals surface area contributed by atoms with Crippen molar-refractivity contribution in [1.29, 1.82) is 0 Å². The van der Waals surface area contributed by atoms with Crippen LogP contribution in [0.1, 0.15) is 0 Å². The summed E-state index contributed by atoms with van der Waals surface area (Å²) in [6.45, 7) is 0. The van der Waals surface area contributed by atoms with E-state index in [4.69, 9.17) is 0 Å². The third-order valence-electron chi connectivity index (χ3n) is 0.713. The SMILES string of the molecule is NS(=O)(=O)ON1N=CC=CN1. The van der Waals surface area contributed by atoms with Crippen LogP contribution in [0, 0.1) is 0 Å². The van der Waals surface area contributed by atoms with Crippen molar-refractivity contribution < 1.29 is 12.7 Å². The molecule has 1 rings (SSSR count). The number of nitrogens with one attached hydrogen (secondary N) is 1. The first-order valence-corrected chi connectivity index (χ1v) is 4.03. The second-order valence-electron chi connectivity index (χ2n) is 1.59. The van der Waals surface area contributed by atoms with Gasteiger partial charge < -0.3 is 0 Å². The molecule has 0 saturated heterocycles. The Morgan fingerprint density at radius 2 is 2.36 bits per heavy atom. The van der Waals surface area contributed by atoms with Crippen molar-refractivity contribution in [3.8, 4) is 0 Å². The van der Waals surface area contributed by atoms with Gasteiger partial charge in [0.15, 0.2) is 0 Å². The predicted octanol–water partition coefficient (Wildman–Crippen LogP) is -1.56. The molecule has 0 saturated carbocycles. The first-order chi connectivity index (χ1) is 5.08. The molecule has 1 heterocycles. The first kappa shape index (κ1) is 7.98. The van der Waals surface area contributed by atoms with E-state index in [0.717, 1.165) is 0 Å². The van der Waals surface area contributed by atoms with Crippen LogP contribution in [0.3, 0.4) is 0 Å². The number of rotatable bonds is 2. The lowest BCUT2D eigenvalue weighted by atomic mass is 10.7. The smallest absolute Gasteiger partial charge is 0.264 e. The van der Waals surface area contributed by atoms with E-state index in [2.05, 4.69) is 19.9 Å². The molecule has 0 atom stereocenters. The first-order valence-electron chi connectivity index (χ1n) is 2.56. The van der Waals surface area contributed by atoms with Crippen LogP contribution in [0.25, 0.3) is 0 Å². The van der Waals surface area contributed by atoms with Crippen LogP contribution in [-0.4, -0.2) is 19.9 Å². The fourth-order valence-corrected chi connectivity index (χ4v) is 0.700. The number of hydrazine groups is 1. The highest BCUT2D eigenvalue weighted by Crippen LogP contribution is 1.93. The van der Waals surface area contributed by atoms with Gasteiger partial charge in [0.25, 0.3) is 0 Å². The Morgan fingerprint density at radius 3 is 2.82 bits per heavy atom. The zero-order valence-corrected chi connectivity index (χ0v) is 6.15. The van der Waals surface area contributed by atoms with Gasteiger partial charge in [0.2, 0.25) is 0 Å². The second kappa shape index (κ2) is 2.86. The van der Waals surface area contributed by atoms with Gasteiger partial charge in [0.1, 0.15) is 0 Å². The van der Waals surface area contributed by atoms with Gasteiger partial charge in [-0.1, -0.05) is 9.57 Å². The summed E-state index contributed by atoms with van der Waals surface area (Å²) in [5, 5.41) is 8.60. The van der Waals surface area contributed by atoms with Gasteiger partial charge in [-0.05, 0) is 6.08 Å². The summed E-state index contributed by atoms with van der Waals surface area (Å²) >= 11 is 0. The van der Waals surface area contributed by atoms with E-state index in [-0.39, 0.29) is 0 Å². The van der Waals surface area contributed by atoms with Gasteiger partial charge in [0, 0.05) is 6.20 Å². The van der Waals surface area contributed by atoms with Gasteiger partial charge in [-0.3, -0.25) is 5.43 Å². The van der Waals surface area contributed by atoms with E-state index >= 15 is 0 Å². The maximum atomic E-state index is 10.3. The second-order valence-corrected chi connectivity index (χ2v) is 2.73. The summed E-state index contributed by atoms with van der Waals surface area (Å²) in [5.74, 6) is 0. The molecule has 0 fully saturated rings. The van der Waals surface area contributed by atoms with Crippen LogP contribution in [0.15, 0.2) is 17.4 Å². The summed E-state index contributed by atoms with van der Waals surface area (Å²) in [6.07, 6.45) is 4.32. The molecule has 0 unspecified atom stereocenters. The maximum absolute atomic E-state index is 10.3. The van der Waals surface area contributed by atoms with Crippen molar-refractivity contribution in [2.75, 3.05) is 0 Å². The summed E-state index contributed by atoms with van der Waals surface area (Å²) in [6, 6.07) is 0. The Kier molecular flexibility index (Phi) is 2.08. The Hall–Kier alpha value is -1.12. The van der Waals surface area contributed by atoms with E-state index in [9.17, 15) is 8.42 Å². The predicted molar refractivity (Wildman–Crippen MR) is 36.8 cm³/mol. The molecule has 1 aliphatic rings. The summed E-state index contributed by atoms with van der Waals surface area (Å²) in [7, 11) is -4.01. The summed E-state index contributed by atoms with van der Waals surface area (Å²) in [5.41, 5.74) is 2.35. The molecular formula is C3H6N4O3S. The normalized spacial score (nSPS) is 16.6. The molecule has 0 aromatic heterocycles. The number of hydrogen-bond donors (Lipinski definition) is 2.